The monoisotopic (exact) mass is 400 g/mol. The van der Waals surface area contributed by atoms with E-state index in [-0.39, 0.29) is 5.69 Å². The highest BCUT2D eigenvalue weighted by molar-refractivity contribution is 6.05. The molecule has 0 fully saturated rings. The molecule has 0 saturated carbocycles. The molecule has 0 bridgehead atoms. The lowest BCUT2D eigenvalue weighted by molar-refractivity contribution is -0.143. The van der Waals surface area contributed by atoms with Crippen LogP contribution in [0.25, 0.3) is 16.8 Å². The molecule has 0 atom stereocenters. The quantitative estimate of drug-likeness (QED) is 0.531. The predicted molar refractivity (Wildman–Crippen MR) is 100 cm³/mol. The molecule has 0 radical (unpaired) electrons. The third-order valence-corrected chi connectivity index (χ3v) is 4.31. The minimum atomic E-state index is -4.78. The van der Waals surface area contributed by atoms with E-state index in [1.54, 1.807) is 25.1 Å². The maximum Gasteiger partial charge on any atom is 0.434 e. The maximum atomic E-state index is 13.8. The Balaban J connectivity index is 1.71. The number of nitrogens with one attached hydrogen (secondary N) is 1. The van der Waals surface area contributed by atoms with Gasteiger partial charge in [0.1, 0.15) is 5.52 Å². The van der Waals surface area contributed by atoms with Gasteiger partial charge < -0.3 is 9.73 Å². The lowest BCUT2D eigenvalue weighted by atomic mass is 10.2. The van der Waals surface area contributed by atoms with E-state index in [0.29, 0.717) is 22.7 Å². The average molecular weight is 400 g/mol. The summed E-state index contributed by atoms with van der Waals surface area (Å²) in [6, 6.07) is 11.0. The second-order valence-corrected chi connectivity index (χ2v) is 6.52. The van der Waals surface area contributed by atoms with Crippen molar-refractivity contribution in [2.24, 2.45) is 0 Å². The molecule has 2 aromatic carbocycles. The van der Waals surface area contributed by atoms with Crippen LogP contribution < -0.4 is 5.32 Å². The number of hydrogen-bond acceptors (Lipinski definition) is 4. The highest BCUT2D eigenvalue weighted by Crippen LogP contribution is 2.34. The van der Waals surface area contributed by atoms with E-state index in [1.807, 2.05) is 6.92 Å². The van der Waals surface area contributed by atoms with Gasteiger partial charge in [0.25, 0.3) is 5.91 Å². The Morgan fingerprint density at radius 3 is 2.52 bits per heavy atom. The summed E-state index contributed by atoms with van der Waals surface area (Å²) < 4.78 is 47.3. The largest absolute Gasteiger partial charge is 0.441 e. The summed E-state index contributed by atoms with van der Waals surface area (Å²) in [5.41, 5.74) is 0.696. The fourth-order valence-corrected chi connectivity index (χ4v) is 2.99. The van der Waals surface area contributed by atoms with Gasteiger partial charge in [-0.25, -0.2) is 9.67 Å². The van der Waals surface area contributed by atoms with Crippen molar-refractivity contribution in [3.05, 3.63) is 71.4 Å². The number of anilines is 1. The molecular weight excluding hydrogens is 385 g/mol. The first-order chi connectivity index (χ1) is 13.7. The number of halogens is 3. The Kier molecular flexibility index (Phi) is 4.37. The number of hydrogen-bond donors (Lipinski definition) is 1. The van der Waals surface area contributed by atoms with Crippen LogP contribution in [-0.4, -0.2) is 20.7 Å². The van der Waals surface area contributed by atoms with Crippen LogP contribution in [0.2, 0.25) is 0 Å². The molecule has 9 heteroatoms. The second kappa shape index (κ2) is 6.77. The van der Waals surface area contributed by atoms with E-state index in [2.05, 4.69) is 15.4 Å². The van der Waals surface area contributed by atoms with Gasteiger partial charge in [-0.2, -0.15) is 18.3 Å². The Hall–Kier alpha value is -3.62. The van der Waals surface area contributed by atoms with Crippen molar-refractivity contribution in [3.63, 3.8) is 0 Å². The summed E-state index contributed by atoms with van der Waals surface area (Å²) in [6.07, 6.45) is -3.86. The van der Waals surface area contributed by atoms with Crippen LogP contribution in [0.15, 0.2) is 53.1 Å². The van der Waals surface area contributed by atoms with Gasteiger partial charge in [0, 0.05) is 12.6 Å². The molecule has 0 aliphatic heterocycles. The molecule has 4 aromatic rings. The fourth-order valence-electron chi connectivity index (χ4n) is 2.99. The topological polar surface area (TPSA) is 73.0 Å². The number of rotatable bonds is 3. The Labute approximate surface area is 163 Å². The number of fused-ring (bicyclic) bond motifs is 1. The van der Waals surface area contributed by atoms with Crippen molar-refractivity contribution in [1.29, 1.82) is 0 Å². The summed E-state index contributed by atoms with van der Waals surface area (Å²) in [5.74, 6) is -0.475. The van der Waals surface area contributed by atoms with Crippen molar-refractivity contribution in [2.75, 3.05) is 5.32 Å². The molecule has 6 nitrogen and oxygen atoms in total. The van der Waals surface area contributed by atoms with E-state index >= 15 is 0 Å². The SMILES string of the molecule is Cc1ccc(-n2ncc(C(=O)Nc3ccc4oc(C)nc4c3)c2C(F)(F)F)cc1. The molecule has 1 N–H and O–H groups in total. The molecule has 148 valence electrons. The molecule has 0 unspecified atom stereocenters. The first kappa shape index (κ1) is 18.7. The first-order valence-electron chi connectivity index (χ1n) is 8.63. The Bertz CT molecular complexity index is 1210. The molecule has 0 aliphatic carbocycles. The summed E-state index contributed by atoms with van der Waals surface area (Å²) >= 11 is 0. The van der Waals surface area contributed by atoms with E-state index in [9.17, 15) is 18.0 Å². The van der Waals surface area contributed by atoms with Crippen LogP contribution in [0, 0.1) is 13.8 Å². The van der Waals surface area contributed by atoms with Crippen molar-refractivity contribution in [2.45, 2.75) is 20.0 Å². The van der Waals surface area contributed by atoms with Gasteiger partial charge >= 0.3 is 6.18 Å². The number of alkyl halides is 3. The lowest BCUT2D eigenvalue weighted by Crippen LogP contribution is -2.20. The van der Waals surface area contributed by atoms with Crippen LogP contribution >= 0.6 is 0 Å². The van der Waals surface area contributed by atoms with Crippen LogP contribution in [0.3, 0.4) is 0 Å². The fraction of sp³-hybridized carbons (Fsp3) is 0.150. The zero-order chi connectivity index (χ0) is 20.8. The average Bonchev–Trinajstić information content (AvgIpc) is 3.24. The van der Waals surface area contributed by atoms with E-state index < -0.39 is 23.3 Å². The highest BCUT2D eigenvalue weighted by Gasteiger charge is 2.40. The summed E-state index contributed by atoms with van der Waals surface area (Å²) in [4.78, 5) is 16.8. The van der Waals surface area contributed by atoms with Gasteiger partial charge in [-0.3, -0.25) is 4.79 Å². The van der Waals surface area contributed by atoms with Gasteiger partial charge in [-0.15, -0.1) is 0 Å². The van der Waals surface area contributed by atoms with E-state index in [1.165, 1.54) is 24.3 Å². The molecule has 2 heterocycles. The van der Waals surface area contributed by atoms with Crippen LogP contribution in [0.4, 0.5) is 18.9 Å². The number of benzene rings is 2. The van der Waals surface area contributed by atoms with Gasteiger partial charge in [-0.05, 0) is 37.3 Å². The van der Waals surface area contributed by atoms with Crippen LogP contribution in [0.1, 0.15) is 27.5 Å². The zero-order valence-corrected chi connectivity index (χ0v) is 15.4. The number of amides is 1. The summed E-state index contributed by atoms with van der Waals surface area (Å²) in [6.45, 7) is 3.50. The highest BCUT2D eigenvalue weighted by atomic mass is 19.4. The molecule has 0 aliphatic rings. The number of carbonyl (C=O) groups is 1. The van der Waals surface area contributed by atoms with Gasteiger partial charge in [-0.1, -0.05) is 17.7 Å². The van der Waals surface area contributed by atoms with E-state index in [4.69, 9.17) is 4.42 Å². The molecule has 2 aromatic heterocycles. The van der Waals surface area contributed by atoms with Gasteiger partial charge in [0.05, 0.1) is 17.4 Å². The standard InChI is InChI=1S/C20H15F3N4O2/c1-11-3-6-14(7-4-11)27-18(20(21,22)23)15(10-24-27)19(28)26-13-5-8-17-16(9-13)25-12(2)29-17/h3-10H,1-2H3,(H,26,28). The third-order valence-electron chi connectivity index (χ3n) is 4.31. The third kappa shape index (κ3) is 3.58. The number of aromatic nitrogens is 3. The zero-order valence-electron chi connectivity index (χ0n) is 15.4. The minimum absolute atomic E-state index is 0.210. The Morgan fingerprint density at radius 2 is 1.83 bits per heavy atom. The van der Waals surface area contributed by atoms with E-state index in [0.717, 1.165) is 16.4 Å². The van der Waals surface area contributed by atoms with Gasteiger partial charge in [0.15, 0.2) is 17.2 Å². The van der Waals surface area contributed by atoms with Crippen molar-refractivity contribution < 1.29 is 22.4 Å². The molecule has 0 saturated heterocycles. The number of aryl methyl sites for hydroxylation is 2. The molecular formula is C20H15F3N4O2. The van der Waals surface area contributed by atoms with Crippen LogP contribution in [-0.2, 0) is 6.18 Å². The first-order valence-corrected chi connectivity index (χ1v) is 8.63. The number of carbonyl (C=O) groups excluding carboxylic acids is 1. The predicted octanol–water partition coefficient (Wildman–Crippen LogP) is 4.90. The number of oxazole rings is 1. The molecule has 29 heavy (non-hydrogen) atoms. The summed E-state index contributed by atoms with van der Waals surface area (Å²) in [5, 5.41) is 6.28. The van der Waals surface area contributed by atoms with Gasteiger partial charge in [0.2, 0.25) is 0 Å². The van der Waals surface area contributed by atoms with Crippen molar-refractivity contribution in [1.82, 2.24) is 14.8 Å². The minimum Gasteiger partial charge on any atom is -0.441 e. The smallest absolute Gasteiger partial charge is 0.434 e. The maximum absolute atomic E-state index is 13.8. The molecule has 4 rings (SSSR count). The van der Waals surface area contributed by atoms with Crippen molar-refractivity contribution >= 4 is 22.7 Å². The normalized spacial score (nSPS) is 11.8. The molecule has 0 spiro atoms. The Morgan fingerprint density at radius 1 is 1.10 bits per heavy atom. The van der Waals surface area contributed by atoms with Crippen molar-refractivity contribution in [3.8, 4) is 5.69 Å². The second-order valence-electron chi connectivity index (χ2n) is 6.52. The lowest BCUT2D eigenvalue weighted by Gasteiger charge is -2.13. The summed E-state index contributed by atoms with van der Waals surface area (Å²) in [7, 11) is 0. The van der Waals surface area contributed by atoms with Crippen LogP contribution in [0.5, 0.6) is 0 Å². The molecule has 1 amide bonds. The number of nitrogens with zero attached hydrogens (tertiary/aromatic N) is 3.